The molecule has 8 heteroatoms. The number of carbonyl (C=O) groups is 1. The van der Waals surface area contributed by atoms with Gasteiger partial charge < -0.3 is 9.94 Å². The molecule has 1 N–H and O–H groups in total. The van der Waals surface area contributed by atoms with Crippen LogP contribution in [0, 0.1) is 10.1 Å². The minimum atomic E-state index is -1.52. The Kier molecular flexibility index (Phi) is 5.79. The van der Waals surface area contributed by atoms with Crippen LogP contribution in [0.2, 0.25) is 0 Å². The van der Waals surface area contributed by atoms with Crippen molar-refractivity contribution in [2.45, 2.75) is 26.3 Å². The summed E-state index contributed by atoms with van der Waals surface area (Å²) in [5.74, 6) is -0.627. The Labute approximate surface area is 97.0 Å². The standard InChI is InChI=1S/C8H14N2O5S/c1-4-15-6(11)5-16-7(9-12)8(2,3)10(13)14/h12H,4-5H2,1-3H3. The van der Waals surface area contributed by atoms with E-state index in [4.69, 9.17) is 5.21 Å². The van der Waals surface area contributed by atoms with E-state index in [2.05, 4.69) is 9.89 Å². The lowest BCUT2D eigenvalue weighted by Crippen LogP contribution is -2.39. The number of ether oxygens (including phenoxy) is 1. The number of oxime groups is 1. The summed E-state index contributed by atoms with van der Waals surface area (Å²) in [5.41, 5.74) is -1.52. The van der Waals surface area contributed by atoms with Crippen LogP contribution in [0.5, 0.6) is 0 Å². The van der Waals surface area contributed by atoms with Crippen LogP contribution >= 0.6 is 11.8 Å². The second kappa shape index (κ2) is 6.31. The van der Waals surface area contributed by atoms with Crippen LogP contribution in [0.4, 0.5) is 0 Å². The van der Waals surface area contributed by atoms with E-state index in [0.717, 1.165) is 11.8 Å². The molecule has 92 valence electrons. The molecule has 0 aliphatic rings. The number of hydrogen-bond donors (Lipinski definition) is 1. The van der Waals surface area contributed by atoms with Gasteiger partial charge in [-0.3, -0.25) is 14.9 Å². The minimum absolute atomic E-state index is 0.121. The van der Waals surface area contributed by atoms with Gasteiger partial charge in [0.1, 0.15) is 0 Å². The van der Waals surface area contributed by atoms with Gasteiger partial charge in [-0.05, 0) is 6.92 Å². The SMILES string of the molecule is CCOC(=O)CSC(=NO)C(C)(C)[N+](=O)[O-]. The monoisotopic (exact) mass is 250 g/mol. The van der Waals surface area contributed by atoms with E-state index in [1.807, 2.05) is 0 Å². The highest BCUT2D eigenvalue weighted by Gasteiger charge is 2.39. The van der Waals surface area contributed by atoms with Gasteiger partial charge in [0.25, 0.3) is 5.54 Å². The van der Waals surface area contributed by atoms with Gasteiger partial charge in [-0.1, -0.05) is 16.9 Å². The molecular formula is C8H14N2O5S. The molecule has 0 rings (SSSR count). The molecule has 0 spiro atoms. The van der Waals surface area contributed by atoms with E-state index in [-0.39, 0.29) is 17.4 Å². The number of carbonyl (C=O) groups excluding carboxylic acids is 1. The predicted octanol–water partition coefficient (Wildman–Crippen LogP) is 1.13. The van der Waals surface area contributed by atoms with Crippen LogP contribution in [0.1, 0.15) is 20.8 Å². The first-order valence-electron chi connectivity index (χ1n) is 4.51. The molecule has 0 aromatic rings. The van der Waals surface area contributed by atoms with E-state index >= 15 is 0 Å². The fourth-order valence-electron chi connectivity index (χ4n) is 0.736. The zero-order chi connectivity index (χ0) is 12.8. The summed E-state index contributed by atoms with van der Waals surface area (Å²) in [7, 11) is 0. The lowest BCUT2D eigenvalue weighted by atomic mass is 10.1. The summed E-state index contributed by atoms with van der Waals surface area (Å²) >= 11 is 0.789. The van der Waals surface area contributed by atoms with Crippen LogP contribution in [0.15, 0.2) is 5.16 Å². The molecule has 16 heavy (non-hydrogen) atoms. The molecule has 7 nitrogen and oxygen atoms in total. The summed E-state index contributed by atoms with van der Waals surface area (Å²) in [6, 6.07) is 0. The van der Waals surface area contributed by atoms with E-state index in [1.54, 1.807) is 6.92 Å². The van der Waals surface area contributed by atoms with Gasteiger partial charge in [0.15, 0.2) is 5.04 Å². The maximum Gasteiger partial charge on any atom is 0.316 e. The lowest BCUT2D eigenvalue weighted by Gasteiger charge is -2.15. The van der Waals surface area contributed by atoms with Gasteiger partial charge in [0, 0.05) is 18.8 Å². The van der Waals surface area contributed by atoms with Crippen LogP contribution in [0.25, 0.3) is 0 Å². The van der Waals surface area contributed by atoms with Gasteiger partial charge in [-0.25, -0.2) is 0 Å². The topological polar surface area (TPSA) is 102 Å². The average Bonchev–Trinajstić information content (AvgIpc) is 2.18. The number of esters is 1. The van der Waals surface area contributed by atoms with Crippen molar-refractivity contribution >= 4 is 22.8 Å². The highest BCUT2D eigenvalue weighted by atomic mass is 32.2. The first kappa shape index (κ1) is 14.7. The van der Waals surface area contributed by atoms with Crippen molar-refractivity contribution in [2.75, 3.05) is 12.4 Å². The van der Waals surface area contributed by atoms with Gasteiger partial charge in [0.2, 0.25) is 0 Å². The Hall–Kier alpha value is -1.31. The third kappa shape index (κ3) is 4.05. The Morgan fingerprint density at radius 2 is 2.19 bits per heavy atom. The van der Waals surface area contributed by atoms with Crippen molar-refractivity contribution in [2.24, 2.45) is 5.16 Å². The second-order valence-electron chi connectivity index (χ2n) is 3.31. The van der Waals surface area contributed by atoms with Gasteiger partial charge in [-0.2, -0.15) is 0 Å². The van der Waals surface area contributed by atoms with Crippen LogP contribution < -0.4 is 0 Å². The van der Waals surface area contributed by atoms with E-state index < -0.39 is 16.4 Å². The predicted molar refractivity (Wildman–Crippen MR) is 59.4 cm³/mol. The summed E-state index contributed by atoms with van der Waals surface area (Å²) in [6.07, 6.45) is 0. The molecule has 0 heterocycles. The smallest absolute Gasteiger partial charge is 0.316 e. The molecule has 0 fully saturated rings. The highest BCUT2D eigenvalue weighted by Crippen LogP contribution is 2.20. The molecule has 0 bridgehead atoms. The van der Waals surface area contributed by atoms with Gasteiger partial charge >= 0.3 is 5.97 Å². The van der Waals surface area contributed by atoms with Crippen molar-refractivity contribution in [1.29, 1.82) is 0 Å². The van der Waals surface area contributed by atoms with Crippen molar-refractivity contribution in [3.63, 3.8) is 0 Å². The molecule has 0 saturated carbocycles. The van der Waals surface area contributed by atoms with Crippen LogP contribution in [-0.2, 0) is 9.53 Å². The van der Waals surface area contributed by atoms with Crippen molar-refractivity contribution in [3.05, 3.63) is 10.1 Å². The van der Waals surface area contributed by atoms with Gasteiger partial charge in [-0.15, -0.1) is 0 Å². The quantitative estimate of drug-likeness (QED) is 0.196. The second-order valence-corrected chi connectivity index (χ2v) is 4.28. The summed E-state index contributed by atoms with van der Waals surface area (Å²) in [4.78, 5) is 21.1. The zero-order valence-electron chi connectivity index (χ0n) is 9.30. The lowest BCUT2D eigenvalue weighted by molar-refractivity contribution is -0.537. The number of rotatable bonds is 5. The molecular weight excluding hydrogens is 236 g/mol. The fraction of sp³-hybridized carbons (Fsp3) is 0.750. The zero-order valence-corrected chi connectivity index (χ0v) is 10.1. The number of nitrogens with zero attached hydrogens (tertiary/aromatic N) is 2. The molecule has 0 atom stereocenters. The Morgan fingerprint density at radius 3 is 2.56 bits per heavy atom. The minimum Gasteiger partial charge on any atom is -0.465 e. The van der Waals surface area contributed by atoms with Gasteiger partial charge in [0.05, 0.1) is 12.4 Å². The fourth-order valence-corrected chi connectivity index (χ4v) is 1.56. The van der Waals surface area contributed by atoms with Crippen molar-refractivity contribution in [3.8, 4) is 0 Å². The molecule has 0 amide bonds. The maximum atomic E-state index is 11.0. The Bertz CT molecular complexity index is 303. The average molecular weight is 250 g/mol. The molecule has 0 aliphatic carbocycles. The first-order chi connectivity index (χ1) is 7.36. The summed E-state index contributed by atoms with van der Waals surface area (Å²) in [6.45, 7) is 4.48. The number of nitro groups is 1. The first-order valence-corrected chi connectivity index (χ1v) is 5.50. The van der Waals surface area contributed by atoms with Crippen molar-refractivity contribution < 1.29 is 19.7 Å². The third-order valence-electron chi connectivity index (χ3n) is 1.70. The van der Waals surface area contributed by atoms with Crippen LogP contribution in [0.3, 0.4) is 0 Å². The van der Waals surface area contributed by atoms with E-state index in [0.29, 0.717) is 0 Å². The van der Waals surface area contributed by atoms with Crippen LogP contribution in [-0.4, -0.2) is 39.0 Å². The number of hydrogen-bond acceptors (Lipinski definition) is 7. The largest absolute Gasteiger partial charge is 0.465 e. The van der Waals surface area contributed by atoms with E-state index in [9.17, 15) is 14.9 Å². The molecule has 0 aliphatic heterocycles. The van der Waals surface area contributed by atoms with E-state index in [1.165, 1.54) is 13.8 Å². The third-order valence-corrected chi connectivity index (χ3v) is 2.94. The summed E-state index contributed by atoms with van der Waals surface area (Å²) in [5, 5.41) is 22.0. The summed E-state index contributed by atoms with van der Waals surface area (Å²) < 4.78 is 4.64. The molecule has 0 saturated heterocycles. The number of thioether (sulfide) groups is 1. The molecule has 0 radical (unpaired) electrons. The Morgan fingerprint density at radius 1 is 1.62 bits per heavy atom. The normalized spacial score (nSPS) is 12.3. The molecule has 0 unspecified atom stereocenters. The maximum absolute atomic E-state index is 11.0. The molecule has 0 aromatic carbocycles. The van der Waals surface area contributed by atoms with Crippen molar-refractivity contribution in [1.82, 2.24) is 0 Å². The molecule has 0 aromatic heterocycles. The Balaban J connectivity index is 4.45. The highest BCUT2D eigenvalue weighted by molar-refractivity contribution is 8.14.